The Hall–Kier alpha value is -1.43. The van der Waals surface area contributed by atoms with Crippen molar-refractivity contribution in [1.29, 1.82) is 0 Å². The summed E-state index contributed by atoms with van der Waals surface area (Å²) in [6.07, 6.45) is 1.56. The molecule has 0 atom stereocenters. The first-order valence-corrected chi connectivity index (χ1v) is 8.66. The number of rotatable bonds is 3. The SMILES string of the molecule is COc1cccc(NC2CCN(C(=O)OC(C)(C)C)CC2)c1Br. The zero-order valence-corrected chi connectivity index (χ0v) is 15.8. The lowest BCUT2D eigenvalue weighted by atomic mass is 10.0. The zero-order chi connectivity index (χ0) is 17.0. The molecule has 0 unspecified atom stereocenters. The van der Waals surface area contributed by atoms with Crippen molar-refractivity contribution in [3.63, 3.8) is 0 Å². The minimum absolute atomic E-state index is 0.224. The van der Waals surface area contributed by atoms with Crippen LogP contribution in [0.4, 0.5) is 10.5 Å². The largest absolute Gasteiger partial charge is 0.495 e. The van der Waals surface area contributed by atoms with Crippen molar-refractivity contribution in [2.75, 3.05) is 25.5 Å². The summed E-state index contributed by atoms with van der Waals surface area (Å²) < 4.78 is 11.7. The highest BCUT2D eigenvalue weighted by Gasteiger charge is 2.27. The lowest BCUT2D eigenvalue weighted by Crippen LogP contribution is -2.44. The van der Waals surface area contributed by atoms with Crippen LogP contribution in [0.15, 0.2) is 22.7 Å². The Labute approximate surface area is 146 Å². The van der Waals surface area contributed by atoms with Crippen LogP contribution in [0.2, 0.25) is 0 Å². The quantitative estimate of drug-likeness (QED) is 0.845. The molecule has 5 nitrogen and oxygen atoms in total. The standard InChI is InChI=1S/C17H25BrN2O3/c1-17(2,3)23-16(21)20-10-8-12(9-11-20)19-13-6-5-7-14(22-4)15(13)18/h5-7,12,19H,8-11H2,1-4H3. The highest BCUT2D eigenvalue weighted by atomic mass is 79.9. The summed E-state index contributed by atoms with van der Waals surface area (Å²) in [7, 11) is 1.66. The van der Waals surface area contributed by atoms with Gasteiger partial charge in [-0.3, -0.25) is 0 Å². The van der Waals surface area contributed by atoms with E-state index in [9.17, 15) is 4.79 Å². The van der Waals surface area contributed by atoms with Crippen molar-refractivity contribution >= 4 is 27.7 Å². The summed E-state index contributed by atoms with van der Waals surface area (Å²) in [6, 6.07) is 6.23. The first-order valence-electron chi connectivity index (χ1n) is 7.87. The molecule has 1 amide bonds. The van der Waals surface area contributed by atoms with Crippen LogP contribution < -0.4 is 10.1 Å². The van der Waals surface area contributed by atoms with E-state index in [-0.39, 0.29) is 6.09 Å². The Kier molecular flexibility index (Phi) is 5.79. The molecular formula is C17H25BrN2O3. The first kappa shape index (κ1) is 17.9. The van der Waals surface area contributed by atoms with E-state index in [0.717, 1.165) is 28.8 Å². The number of benzene rings is 1. The zero-order valence-electron chi connectivity index (χ0n) is 14.2. The van der Waals surface area contributed by atoms with E-state index < -0.39 is 5.60 Å². The van der Waals surface area contributed by atoms with Gasteiger partial charge in [-0.15, -0.1) is 0 Å². The van der Waals surface area contributed by atoms with Gasteiger partial charge in [-0.2, -0.15) is 0 Å². The minimum atomic E-state index is -0.447. The summed E-state index contributed by atoms with van der Waals surface area (Å²) in [5, 5.41) is 3.53. The Morgan fingerprint density at radius 3 is 2.52 bits per heavy atom. The maximum atomic E-state index is 12.1. The molecule has 0 bridgehead atoms. The number of amides is 1. The van der Waals surface area contributed by atoms with E-state index in [1.807, 2.05) is 39.0 Å². The van der Waals surface area contributed by atoms with Crippen LogP contribution in [-0.4, -0.2) is 42.8 Å². The molecule has 1 heterocycles. The predicted molar refractivity (Wildman–Crippen MR) is 95.1 cm³/mol. The predicted octanol–water partition coefficient (Wildman–Crippen LogP) is 4.27. The van der Waals surface area contributed by atoms with E-state index in [1.54, 1.807) is 12.0 Å². The number of nitrogens with zero attached hydrogens (tertiary/aromatic N) is 1. The molecule has 0 aromatic heterocycles. The summed E-state index contributed by atoms with van der Waals surface area (Å²) in [5.74, 6) is 0.807. The molecule has 1 fully saturated rings. The smallest absolute Gasteiger partial charge is 0.410 e. The average Bonchev–Trinajstić information content (AvgIpc) is 2.48. The van der Waals surface area contributed by atoms with Crippen LogP contribution in [0.1, 0.15) is 33.6 Å². The van der Waals surface area contributed by atoms with Gasteiger partial charge >= 0.3 is 6.09 Å². The number of carbonyl (C=O) groups excluding carboxylic acids is 1. The van der Waals surface area contributed by atoms with Crippen LogP contribution in [0.3, 0.4) is 0 Å². The number of anilines is 1. The molecule has 1 saturated heterocycles. The van der Waals surface area contributed by atoms with E-state index >= 15 is 0 Å². The summed E-state index contributed by atoms with van der Waals surface area (Å²) >= 11 is 3.56. The Bertz CT molecular complexity index is 549. The number of ether oxygens (including phenoxy) is 2. The van der Waals surface area contributed by atoms with E-state index in [0.29, 0.717) is 19.1 Å². The molecule has 6 heteroatoms. The summed E-state index contributed by atoms with van der Waals surface area (Å²) in [6.45, 7) is 7.07. The van der Waals surface area contributed by atoms with Crippen molar-refractivity contribution in [3.8, 4) is 5.75 Å². The fourth-order valence-electron chi connectivity index (χ4n) is 2.53. The third kappa shape index (κ3) is 5.03. The molecule has 1 aromatic rings. The van der Waals surface area contributed by atoms with Gasteiger partial charge in [0, 0.05) is 19.1 Å². The molecule has 128 valence electrons. The molecule has 0 spiro atoms. The molecule has 1 aromatic carbocycles. The Morgan fingerprint density at radius 1 is 1.30 bits per heavy atom. The monoisotopic (exact) mass is 384 g/mol. The van der Waals surface area contributed by atoms with Gasteiger partial charge in [0.15, 0.2) is 0 Å². The molecule has 0 aliphatic carbocycles. The third-order valence-corrected chi connectivity index (χ3v) is 4.51. The second-order valence-electron chi connectivity index (χ2n) is 6.71. The third-order valence-electron chi connectivity index (χ3n) is 3.69. The first-order chi connectivity index (χ1) is 10.8. The Balaban J connectivity index is 1.89. The molecule has 0 radical (unpaired) electrons. The van der Waals surface area contributed by atoms with Gasteiger partial charge in [0.25, 0.3) is 0 Å². The molecule has 2 rings (SSSR count). The number of likely N-dealkylation sites (tertiary alicyclic amines) is 1. The number of hydrogen-bond acceptors (Lipinski definition) is 4. The molecule has 1 aliphatic heterocycles. The van der Waals surface area contributed by atoms with Crippen molar-refractivity contribution in [2.45, 2.75) is 45.3 Å². The topological polar surface area (TPSA) is 50.8 Å². The average molecular weight is 385 g/mol. The van der Waals surface area contributed by atoms with Gasteiger partial charge < -0.3 is 19.7 Å². The molecule has 1 N–H and O–H groups in total. The van der Waals surface area contributed by atoms with Gasteiger partial charge in [0.05, 0.1) is 17.3 Å². The maximum Gasteiger partial charge on any atom is 0.410 e. The molecule has 1 aliphatic rings. The van der Waals surface area contributed by atoms with E-state index in [1.165, 1.54) is 0 Å². The lowest BCUT2D eigenvalue weighted by Gasteiger charge is -2.34. The van der Waals surface area contributed by atoms with Crippen LogP contribution in [0.25, 0.3) is 0 Å². The minimum Gasteiger partial charge on any atom is -0.495 e. The number of nitrogens with one attached hydrogen (secondary N) is 1. The number of halogens is 1. The highest BCUT2D eigenvalue weighted by molar-refractivity contribution is 9.10. The summed E-state index contributed by atoms with van der Waals surface area (Å²) in [5.41, 5.74) is 0.567. The maximum absolute atomic E-state index is 12.1. The van der Waals surface area contributed by atoms with Gasteiger partial charge in [-0.1, -0.05) is 6.07 Å². The van der Waals surface area contributed by atoms with Crippen LogP contribution in [-0.2, 0) is 4.74 Å². The fourth-order valence-corrected chi connectivity index (χ4v) is 3.07. The van der Waals surface area contributed by atoms with Crippen molar-refractivity contribution in [1.82, 2.24) is 4.90 Å². The fraction of sp³-hybridized carbons (Fsp3) is 0.588. The normalized spacial score (nSPS) is 16.1. The van der Waals surface area contributed by atoms with Crippen molar-refractivity contribution < 1.29 is 14.3 Å². The molecule has 0 saturated carbocycles. The number of hydrogen-bond donors (Lipinski definition) is 1. The van der Waals surface area contributed by atoms with Gasteiger partial charge in [0.1, 0.15) is 11.4 Å². The van der Waals surface area contributed by atoms with Crippen LogP contribution in [0.5, 0.6) is 5.75 Å². The highest BCUT2D eigenvalue weighted by Crippen LogP contribution is 2.33. The van der Waals surface area contributed by atoms with Crippen molar-refractivity contribution in [3.05, 3.63) is 22.7 Å². The lowest BCUT2D eigenvalue weighted by molar-refractivity contribution is 0.0210. The Morgan fingerprint density at radius 2 is 1.96 bits per heavy atom. The van der Waals surface area contributed by atoms with E-state index in [4.69, 9.17) is 9.47 Å². The second kappa shape index (κ2) is 7.43. The number of carbonyl (C=O) groups is 1. The van der Waals surface area contributed by atoms with Gasteiger partial charge in [-0.25, -0.2) is 4.79 Å². The van der Waals surface area contributed by atoms with Gasteiger partial charge in [0.2, 0.25) is 0 Å². The van der Waals surface area contributed by atoms with Gasteiger partial charge in [-0.05, 0) is 61.7 Å². The second-order valence-corrected chi connectivity index (χ2v) is 7.50. The summed E-state index contributed by atoms with van der Waals surface area (Å²) in [4.78, 5) is 13.9. The number of piperidine rings is 1. The van der Waals surface area contributed by atoms with E-state index in [2.05, 4.69) is 21.2 Å². The van der Waals surface area contributed by atoms with Crippen molar-refractivity contribution in [2.24, 2.45) is 0 Å². The van der Waals surface area contributed by atoms with Crippen LogP contribution in [0, 0.1) is 0 Å². The molecule has 23 heavy (non-hydrogen) atoms. The molecular weight excluding hydrogens is 360 g/mol. The van der Waals surface area contributed by atoms with Crippen LogP contribution >= 0.6 is 15.9 Å². The number of methoxy groups -OCH3 is 1.